The van der Waals surface area contributed by atoms with Crippen LogP contribution in [-0.2, 0) is 0 Å². The molecule has 23 heavy (non-hydrogen) atoms. The Bertz CT molecular complexity index is 651. The van der Waals surface area contributed by atoms with Crippen LogP contribution >= 0.6 is 11.3 Å². The third-order valence-electron chi connectivity index (χ3n) is 3.95. The standard InChI is InChI=1S/C15H19N5O2S/c1-19(14(21)12-7-17-11-23-12)9-15(22)3-2-6-20(10-15)13-8-16-4-5-18-13/h4-5,7-8,11,22H,2-3,6,9-10H2,1H3. The van der Waals surface area contributed by atoms with Gasteiger partial charge in [-0.05, 0) is 12.8 Å². The topological polar surface area (TPSA) is 82.5 Å². The van der Waals surface area contributed by atoms with Crippen molar-refractivity contribution in [2.24, 2.45) is 0 Å². The van der Waals surface area contributed by atoms with Crippen LogP contribution in [0.2, 0.25) is 0 Å². The molecule has 1 aliphatic heterocycles. The van der Waals surface area contributed by atoms with E-state index in [1.807, 2.05) is 4.90 Å². The molecule has 1 N–H and O–H groups in total. The Morgan fingerprint density at radius 2 is 2.30 bits per heavy atom. The molecule has 2 aromatic heterocycles. The van der Waals surface area contributed by atoms with Gasteiger partial charge >= 0.3 is 0 Å². The first-order valence-electron chi connectivity index (χ1n) is 7.45. The average molecular weight is 333 g/mol. The van der Waals surface area contributed by atoms with Gasteiger partial charge in [0.25, 0.3) is 5.91 Å². The van der Waals surface area contributed by atoms with Crippen LogP contribution in [0.15, 0.2) is 30.3 Å². The minimum Gasteiger partial charge on any atom is -0.386 e. The van der Waals surface area contributed by atoms with E-state index in [9.17, 15) is 9.90 Å². The summed E-state index contributed by atoms with van der Waals surface area (Å²) in [5.41, 5.74) is 0.678. The fraction of sp³-hybridized carbons (Fsp3) is 0.467. The van der Waals surface area contributed by atoms with E-state index in [0.29, 0.717) is 17.8 Å². The van der Waals surface area contributed by atoms with E-state index in [0.717, 1.165) is 18.8 Å². The highest BCUT2D eigenvalue weighted by Gasteiger charge is 2.36. The van der Waals surface area contributed by atoms with E-state index >= 15 is 0 Å². The van der Waals surface area contributed by atoms with E-state index < -0.39 is 5.60 Å². The number of piperidine rings is 1. The maximum Gasteiger partial charge on any atom is 0.265 e. The molecule has 0 radical (unpaired) electrons. The first-order valence-corrected chi connectivity index (χ1v) is 8.33. The first kappa shape index (κ1) is 15.8. The molecule has 1 amide bonds. The molecular weight excluding hydrogens is 314 g/mol. The van der Waals surface area contributed by atoms with Crippen LogP contribution in [0.1, 0.15) is 22.5 Å². The van der Waals surface area contributed by atoms with Crippen molar-refractivity contribution in [2.45, 2.75) is 18.4 Å². The van der Waals surface area contributed by atoms with Crippen molar-refractivity contribution in [3.8, 4) is 0 Å². The molecule has 1 unspecified atom stereocenters. The number of rotatable bonds is 4. The highest BCUT2D eigenvalue weighted by atomic mass is 32.1. The SMILES string of the molecule is CN(CC1(O)CCCN(c2cnccn2)C1)C(=O)c1cncs1. The van der Waals surface area contributed by atoms with Gasteiger partial charge in [-0.25, -0.2) is 4.98 Å². The van der Waals surface area contributed by atoms with Gasteiger partial charge < -0.3 is 14.9 Å². The van der Waals surface area contributed by atoms with Gasteiger partial charge in [0.05, 0.1) is 30.1 Å². The lowest BCUT2D eigenvalue weighted by molar-refractivity contribution is -0.0000286. The summed E-state index contributed by atoms with van der Waals surface area (Å²) in [6.45, 7) is 1.54. The molecule has 0 aromatic carbocycles. The number of β-amino-alcohol motifs (C(OH)–C–C–N with tert-alkyl or cyclic N) is 1. The Morgan fingerprint density at radius 3 is 3.00 bits per heavy atom. The van der Waals surface area contributed by atoms with Crippen LogP contribution in [-0.4, -0.2) is 63.1 Å². The monoisotopic (exact) mass is 333 g/mol. The zero-order chi connectivity index (χ0) is 16.3. The third-order valence-corrected chi connectivity index (χ3v) is 4.71. The van der Waals surface area contributed by atoms with Gasteiger partial charge in [0.15, 0.2) is 0 Å². The van der Waals surface area contributed by atoms with Gasteiger partial charge in [0.1, 0.15) is 10.7 Å². The number of nitrogens with zero attached hydrogens (tertiary/aromatic N) is 5. The molecule has 1 fully saturated rings. The Balaban J connectivity index is 1.67. The summed E-state index contributed by atoms with van der Waals surface area (Å²) in [5, 5.41) is 10.9. The van der Waals surface area contributed by atoms with Gasteiger partial charge in [0.2, 0.25) is 0 Å². The Kier molecular flexibility index (Phi) is 4.53. The van der Waals surface area contributed by atoms with Crippen molar-refractivity contribution < 1.29 is 9.90 Å². The van der Waals surface area contributed by atoms with Crippen LogP contribution in [0.3, 0.4) is 0 Å². The summed E-state index contributed by atoms with van der Waals surface area (Å²) in [4.78, 5) is 28.8. The summed E-state index contributed by atoms with van der Waals surface area (Å²) in [6.07, 6.45) is 8.02. The number of thiazole rings is 1. The summed E-state index contributed by atoms with van der Waals surface area (Å²) in [6, 6.07) is 0. The van der Waals surface area contributed by atoms with E-state index in [-0.39, 0.29) is 12.5 Å². The van der Waals surface area contributed by atoms with Crippen molar-refractivity contribution >= 4 is 23.1 Å². The summed E-state index contributed by atoms with van der Waals surface area (Å²) >= 11 is 1.31. The van der Waals surface area contributed by atoms with Crippen LogP contribution in [0.25, 0.3) is 0 Å². The fourth-order valence-corrected chi connectivity index (χ4v) is 3.53. The molecular formula is C15H19N5O2S. The Hall–Kier alpha value is -2.06. The van der Waals surface area contributed by atoms with E-state index in [1.54, 1.807) is 42.2 Å². The zero-order valence-electron chi connectivity index (χ0n) is 12.9. The average Bonchev–Trinajstić information content (AvgIpc) is 3.09. The predicted octanol–water partition coefficient (Wildman–Crippen LogP) is 1.04. The number of carbonyl (C=O) groups excluding carboxylic acids is 1. The maximum atomic E-state index is 12.3. The van der Waals surface area contributed by atoms with Gasteiger partial charge in [-0.3, -0.25) is 14.8 Å². The normalized spacial score (nSPS) is 21.2. The highest BCUT2D eigenvalue weighted by Crippen LogP contribution is 2.25. The maximum absolute atomic E-state index is 12.3. The predicted molar refractivity (Wildman–Crippen MR) is 87.5 cm³/mol. The van der Waals surface area contributed by atoms with Gasteiger partial charge in [0, 0.05) is 32.5 Å². The number of aliphatic hydroxyl groups is 1. The lowest BCUT2D eigenvalue weighted by atomic mass is 9.92. The second-order valence-electron chi connectivity index (χ2n) is 5.84. The smallest absolute Gasteiger partial charge is 0.265 e. The molecule has 122 valence electrons. The molecule has 3 rings (SSSR count). The Morgan fingerprint density at radius 1 is 1.43 bits per heavy atom. The molecule has 1 atom stereocenters. The summed E-state index contributed by atoms with van der Waals surface area (Å²) in [5.74, 6) is 0.639. The van der Waals surface area contributed by atoms with Crippen LogP contribution in [0, 0.1) is 0 Å². The molecule has 0 aliphatic carbocycles. The van der Waals surface area contributed by atoms with Crippen molar-refractivity contribution in [1.29, 1.82) is 0 Å². The van der Waals surface area contributed by atoms with Gasteiger partial charge in [-0.15, -0.1) is 11.3 Å². The molecule has 7 nitrogen and oxygen atoms in total. The first-order chi connectivity index (χ1) is 11.1. The van der Waals surface area contributed by atoms with E-state index in [2.05, 4.69) is 15.0 Å². The van der Waals surface area contributed by atoms with Crippen LogP contribution < -0.4 is 4.90 Å². The minimum atomic E-state index is -0.954. The van der Waals surface area contributed by atoms with Gasteiger partial charge in [-0.2, -0.15) is 0 Å². The number of hydrogen-bond acceptors (Lipinski definition) is 7. The zero-order valence-corrected chi connectivity index (χ0v) is 13.7. The number of anilines is 1. The van der Waals surface area contributed by atoms with Crippen LogP contribution in [0.5, 0.6) is 0 Å². The second kappa shape index (κ2) is 6.59. The molecule has 3 heterocycles. The van der Waals surface area contributed by atoms with Crippen molar-refractivity contribution in [3.63, 3.8) is 0 Å². The molecule has 0 saturated carbocycles. The molecule has 0 spiro atoms. The van der Waals surface area contributed by atoms with E-state index in [1.165, 1.54) is 11.3 Å². The molecule has 1 saturated heterocycles. The van der Waals surface area contributed by atoms with Crippen LogP contribution in [0.4, 0.5) is 5.82 Å². The minimum absolute atomic E-state index is 0.113. The summed E-state index contributed by atoms with van der Waals surface area (Å²) in [7, 11) is 1.71. The molecule has 1 aliphatic rings. The number of hydrogen-bond donors (Lipinski definition) is 1. The second-order valence-corrected chi connectivity index (χ2v) is 6.73. The van der Waals surface area contributed by atoms with Crippen molar-refractivity contribution in [1.82, 2.24) is 19.9 Å². The lowest BCUT2D eigenvalue weighted by Crippen LogP contribution is -2.54. The molecule has 0 bridgehead atoms. The Labute approximate surface area is 138 Å². The van der Waals surface area contributed by atoms with Crippen molar-refractivity contribution in [3.05, 3.63) is 35.2 Å². The number of likely N-dealkylation sites (N-methyl/N-ethyl adjacent to an activating group) is 1. The van der Waals surface area contributed by atoms with E-state index in [4.69, 9.17) is 0 Å². The number of aromatic nitrogens is 3. The molecule has 8 heteroatoms. The molecule has 2 aromatic rings. The van der Waals surface area contributed by atoms with Gasteiger partial charge in [-0.1, -0.05) is 0 Å². The third kappa shape index (κ3) is 3.65. The lowest BCUT2D eigenvalue weighted by Gasteiger charge is -2.41. The number of amides is 1. The fourth-order valence-electron chi connectivity index (χ4n) is 2.91. The highest BCUT2D eigenvalue weighted by molar-refractivity contribution is 7.11. The largest absolute Gasteiger partial charge is 0.386 e. The number of carbonyl (C=O) groups is 1. The summed E-state index contributed by atoms with van der Waals surface area (Å²) < 4.78 is 0. The quantitative estimate of drug-likeness (QED) is 0.900. The van der Waals surface area contributed by atoms with Crippen molar-refractivity contribution in [2.75, 3.05) is 31.6 Å².